The molecule has 1 aliphatic rings. The molecule has 0 radical (unpaired) electrons. The molecule has 1 saturated heterocycles. The third kappa shape index (κ3) is 2.35. The lowest BCUT2D eigenvalue weighted by Gasteiger charge is -2.42. The van der Waals surface area contributed by atoms with Crippen molar-refractivity contribution in [3.63, 3.8) is 0 Å². The van der Waals surface area contributed by atoms with Crippen LogP contribution in [0.5, 0.6) is 0 Å². The highest BCUT2D eigenvalue weighted by Crippen LogP contribution is 2.32. The second kappa shape index (κ2) is 5.14. The largest absolute Gasteiger partial charge is 0.468 e. The van der Waals surface area contributed by atoms with Gasteiger partial charge in [-0.05, 0) is 19.8 Å². The molecule has 1 fully saturated rings. The van der Waals surface area contributed by atoms with Crippen molar-refractivity contribution in [1.82, 2.24) is 9.88 Å². The van der Waals surface area contributed by atoms with Crippen molar-refractivity contribution in [2.45, 2.75) is 38.8 Å². The Hall–Kier alpha value is -0.940. The minimum absolute atomic E-state index is 0.0797. The second-order valence-corrected chi connectivity index (χ2v) is 5.41. The standard InChI is InChI=1S/C12H18N2O2S/c1-4-9-7-13-11(17-9)8(2)14-6-5-10(14)12(15)16-3/h7-8,10H,4-6H2,1-3H3. The number of carbonyl (C=O) groups is 1. The first-order valence-electron chi connectivity index (χ1n) is 5.95. The van der Waals surface area contributed by atoms with Gasteiger partial charge in [0.2, 0.25) is 0 Å². The number of methoxy groups -OCH3 is 1. The molecule has 0 aromatic carbocycles. The van der Waals surface area contributed by atoms with Gasteiger partial charge in [-0.25, -0.2) is 4.98 Å². The Labute approximate surface area is 106 Å². The molecule has 1 aliphatic heterocycles. The van der Waals surface area contributed by atoms with Crippen LogP contribution in [0.25, 0.3) is 0 Å². The number of nitrogens with zero attached hydrogens (tertiary/aromatic N) is 2. The molecule has 4 nitrogen and oxygen atoms in total. The van der Waals surface area contributed by atoms with Gasteiger partial charge in [-0.15, -0.1) is 11.3 Å². The van der Waals surface area contributed by atoms with Crippen LogP contribution in [0.2, 0.25) is 0 Å². The zero-order chi connectivity index (χ0) is 12.4. The van der Waals surface area contributed by atoms with E-state index in [2.05, 4.69) is 23.7 Å². The van der Waals surface area contributed by atoms with Gasteiger partial charge in [0.15, 0.2) is 0 Å². The summed E-state index contributed by atoms with van der Waals surface area (Å²) >= 11 is 1.74. The maximum Gasteiger partial charge on any atom is 0.323 e. The van der Waals surface area contributed by atoms with Crippen molar-refractivity contribution in [1.29, 1.82) is 0 Å². The SMILES string of the molecule is CCc1cnc(C(C)N2CCC2C(=O)OC)s1. The van der Waals surface area contributed by atoms with Gasteiger partial charge < -0.3 is 4.74 Å². The Kier molecular flexibility index (Phi) is 3.79. The quantitative estimate of drug-likeness (QED) is 0.771. The molecule has 0 saturated carbocycles. The van der Waals surface area contributed by atoms with Crippen LogP contribution in [0.3, 0.4) is 0 Å². The number of likely N-dealkylation sites (tertiary alicyclic amines) is 1. The predicted octanol–water partition coefficient (Wildman–Crippen LogP) is 2.01. The maximum atomic E-state index is 11.5. The van der Waals surface area contributed by atoms with Gasteiger partial charge in [-0.2, -0.15) is 0 Å². The van der Waals surface area contributed by atoms with Gasteiger partial charge in [0.1, 0.15) is 11.0 Å². The summed E-state index contributed by atoms with van der Waals surface area (Å²) < 4.78 is 4.80. The van der Waals surface area contributed by atoms with Gasteiger partial charge in [0.25, 0.3) is 0 Å². The Morgan fingerprint density at radius 1 is 1.76 bits per heavy atom. The second-order valence-electron chi connectivity index (χ2n) is 4.26. The summed E-state index contributed by atoms with van der Waals surface area (Å²) in [5, 5.41) is 1.09. The first-order chi connectivity index (χ1) is 8.17. The molecule has 2 atom stereocenters. The van der Waals surface area contributed by atoms with Crippen molar-refractivity contribution in [3.8, 4) is 0 Å². The van der Waals surface area contributed by atoms with E-state index in [0.29, 0.717) is 0 Å². The van der Waals surface area contributed by atoms with Crippen molar-refractivity contribution in [2.75, 3.05) is 13.7 Å². The zero-order valence-corrected chi connectivity index (χ0v) is 11.3. The minimum Gasteiger partial charge on any atom is -0.468 e. The Bertz CT molecular complexity index is 405. The van der Waals surface area contributed by atoms with E-state index in [1.165, 1.54) is 12.0 Å². The van der Waals surface area contributed by atoms with E-state index in [0.717, 1.165) is 24.4 Å². The lowest BCUT2D eigenvalue weighted by atomic mass is 10.0. The summed E-state index contributed by atoms with van der Waals surface area (Å²) in [5.41, 5.74) is 0. The van der Waals surface area contributed by atoms with Gasteiger partial charge in [0.05, 0.1) is 13.2 Å². The van der Waals surface area contributed by atoms with Crippen LogP contribution >= 0.6 is 11.3 Å². The number of aryl methyl sites for hydroxylation is 1. The van der Waals surface area contributed by atoms with Crippen LogP contribution in [-0.4, -0.2) is 35.5 Å². The average Bonchev–Trinajstić information content (AvgIpc) is 2.75. The molecule has 0 N–H and O–H groups in total. The molecule has 2 rings (SSSR count). The van der Waals surface area contributed by atoms with Crippen LogP contribution in [0.1, 0.15) is 36.2 Å². The summed E-state index contributed by atoms with van der Waals surface area (Å²) in [6, 6.07) is 0.127. The van der Waals surface area contributed by atoms with E-state index in [9.17, 15) is 4.79 Å². The van der Waals surface area contributed by atoms with Gasteiger partial charge in [-0.3, -0.25) is 9.69 Å². The van der Waals surface area contributed by atoms with Crippen LogP contribution in [0.4, 0.5) is 0 Å². The summed E-state index contributed by atoms with van der Waals surface area (Å²) in [5.74, 6) is -0.129. The number of hydrogen-bond donors (Lipinski definition) is 0. The number of aromatic nitrogens is 1. The molecular weight excluding hydrogens is 236 g/mol. The first-order valence-corrected chi connectivity index (χ1v) is 6.77. The highest BCUT2D eigenvalue weighted by molar-refractivity contribution is 7.11. The molecule has 2 heterocycles. The highest BCUT2D eigenvalue weighted by Gasteiger charge is 2.39. The zero-order valence-electron chi connectivity index (χ0n) is 10.5. The molecule has 0 bridgehead atoms. The Balaban J connectivity index is 2.05. The third-order valence-electron chi connectivity index (χ3n) is 3.31. The van der Waals surface area contributed by atoms with Crippen molar-refractivity contribution in [3.05, 3.63) is 16.1 Å². The topological polar surface area (TPSA) is 42.4 Å². The molecule has 0 spiro atoms. The number of rotatable bonds is 4. The Morgan fingerprint density at radius 3 is 3.00 bits per heavy atom. The molecule has 5 heteroatoms. The van der Waals surface area contributed by atoms with Crippen molar-refractivity contribution < 1.29 is 9.53 Å². The molecule has 17 heavy (non-hydrogen) atoms. The Morgan fingerprint density at radius 2 is 2.53 bits per heavy atom. The summed E-state index contributed by atoms with van der Waals surface area (Å²) in [6.07, 6.45) is 3.84. The van der Waals surface area contributed by atoms with Crippen LogP contribution in [0, 0.1) is 0 Å². The van der Waals surface area contributed by atoms with Crippen molar-refractivity contribution in [2.24, 2.45) is 0 Å². The molecule has 94 valence electrons. The molecule has 1 aromatic rings. The maximum absolute atomic E-state index is 11.5. The lowest BCUT2D eigenvalue weighted by Crippen LogP contribution is -2.53. The molecular formula is C12H18N2O2S. The van der Waals surface area contributed by atoms with Crippen molar-refractivity contribution >= 4 is 17.3 Å². The van der Waals surface area contributed by atoms with E-state index in [1.54, 1.807) is 11.3 Å². The number of esters is 1. The fraction of sp³-hybridized carbons (Fsp3) is 0.667. The molecule has 0 amide bonds. The number of hydrogen-bond acceptors (Lipinski definition) is 5. The third-order valence-corrected chi connectivity index (χ3v) is 4.62. The van der Waals surface area contributed by atoms with Gasteiger partial charge >= 0.3 is 5.97 Å². The number of thiazole rings is 1. The normalized spacial score (nSPS) is 21.9. The van der Waals surface area contributed by atoms with Crippen LogP contribution in [-0.2, 0) is 16.0 Å². The molecule has 2 unspecified atom stereocenters. The number of ether oxygens (including phenoxy) is 1. The van der Waals surface area contributed by atoms with E-state index in [1.807, 2.05) is 6.20 Å². The molecule has 0 aliphatic carbocycles. The number of carbonyl (C=O) groups excluding carboxylic acids is 1. The highest BCUT2D eigenvalue weighted by atomic mass is 32.1. The lowest BCUT2D eigenvalue weighted by molar-refractivity contribution is -0.153. The van der Waals surface area contributed by atoms with E-state index in [-0.39, 0.29) is 18.1 Å². The fourth-order valence-corrected chi connectivity index (χ4v) is 3.01. The first kappa shape index (κ1) is 12.5. The average molecular weight is 254 g/mol. The summed E-state index contributed by atoms with van der Waals surface area (Å²) in [7, 11) is 1.45. The predicted molar refractivity (Wildman–Crippen MR) is 67.0 cm³/mol. The monoisotopic (exact) mass is 254 g/mol. The smallest absolute Gasteiger partial charge is 0.323 e. The van der Waals surface area contributed by atoms with Crippen LogP contribution < -0.4 is 0 Å². The van der Waals surface area contributed by atoms with Gasteiger partial charge in [-0.1, -0.05) is 6.92 Å². The fourth-order valence-electron chi connectivity index (χ4n) is 2.08. The van der Waals surface area contributed by atoms with Gasteiger partial charge in [0, 0.05) is 17.6 Å². The van der Waals surface area contributed by atoms with E-state index >= 15 is 0 Å². The molecule has 1 aromatic heterocycles. The van der Waals surface area contributed by atoms with E-state index in [4.69, 9.17) is 4.74 Å². The van der Waals surface area contributed by atoms with E-state index < -0.39 is 0 Å². The summed E-state index contributed by atoms with van der Waals surface area (Å²) in [4.78, 5) is 19.4. The minimum atomic E-state index is -0.129. The van der Waals surface area contributed by atoms with Crippen LogP contribution in [0.15, 0.2) is 6.20 Å². The summed E-state index contributed by atoms with van der Waals surface area (Å²) in [6.45, 7) is 5.18.